The predicted molar refractivity (Wildman–Crippen MR) is 89.3 cm³/mol. The van der Waals surface area contributed by atoms with Gasteiger partial charge in [0.05, 0.1) is 0 Å². The van der Waals surface area contributed by atoms with E-state index < -0.39 is 0 Å². The number of nitrogens with one attached hydrogen (secondary N) is 1. The molecule has 1 aliphatic rings. The number of likely N-dealkylation sites (tertiary alicyclic amines) is 1. The lowest BCUT2D eigenvalue weighted by Crippen LogP contribution is -2.30. The molecule has 4 nitrogen and oxygen atoms in total. The second kappa shape index (κ2) is 8.79. The van der Waals surface area contributed by atoms with Crippen LogP contribution in [0.4, 0.5) is 0 Å². The molecule has 1 saturated heterocycles. The van der Waals surface area contributed by atoms with Gasteiger partial charge >= 0.3 is 0 Å². The molecule has 0 saturated carbocycles. The zero-order valence-electron chi connectivity index (χ0n) is 13.9. The predicted octanol–water partition coefficient (Wildman–Crippen LogP) is 2.67. The number of unbranched alkanes of at least 4 members (excludes halogenated alkanes) is 1. The number of aryl methyl sites for hydroxylation is 1. The van der Waals surface area contributed by atoms with Crippen molar-refractivity contribution in [1.29, 1.82) is 0 Å². The number of carbonyl (C=O) groups excluding carboxylic acids is 1. The van der Waals surface area contributed by atoms with Gasteiger partial charge in [-0.2, -0.15) is 0 Å². The van der Waals surface area contributed by atoms with E-state index in [1.165, 1.54) is 31.5 Å². The number of carbonyl (C=O) groups is 1. The van der Waals surface area contributed by atoms with E-state index in [4.69, 9.17) is 4.74 Å². The van der Waals surface area contributed by atoms with Crippen molar-refractivity contribution < 1.29 is 9.53 Å². The van der Waals surface area contributed by atoms with Gasteiger partial charge in [-0.25, -0.2) is 0 Å². The minimum absolute atomic E-state index is 0.0397. The highest BCUT2D eigenvalue weighted by atomic mass is 16.5. The van der Waals surface area contributed by atoms with E-state index in [9.17, 15) is 4.79 Å². The quantitative estimate of drug-likeness (QED) is 0.751. The molecule has 1 heterocycles. The number of rotatable bonds is 8. The number of hydrogen-bond acceptors (Lipinski definition) is 3. The van der Waals surface area contributed by atoms with E-state index in [1.54, 1.807) is 0 Å². The molecular formula is C18H28N2O2. The molecule has 1 fully saturated rings. The van der Waals surface area contributed by atoms with Gasteiger partial charge in [0.25, 0.3) is 5.91 Å². The van der Waals surface area contributed by atoms with Gasteiger partial charge < -0.3 is 15.0 Å². The standard InChI is InChI=1S/C18H28N2O2/c1-15-8-7-9-17(16(15)2)22-14-18(21)19-10-3-4-11-20-12-5-6-13-20/h7-9H,3-6,10-14H2,1-2H3,(H,19,21). The second-order valence-corrected chi connectivity index (χ2v) is 6.09. The Morgan fingerprint density at radius 1 is 1.23 bits per heavy atom. The van der Waals surface area contributed by atoms with Crippen LogP contribution in [0.3, 0.4) is 0 Å². The summed E-state index contributed by atoms with van der Waals surface area (Å²) in [5.74, 6) is 0.756. The fraction of sp³-hybridized carbons (Fsp3) is 0.611. The highest BCUT2D eigenvalue weighted by molar-refractivity contribution is 5.77. The molecular weight excluding hydrogens is 276 g/mol. The van der Waals surface area contributed by atoms with Gasteiger partial charge in [-0.1, -0.05) is 12.1 Å². The van der Waals surface area contributed by atoms with Crippen molar-refractivity contribution in [3.8, 4) is 5.75 Å². The Morgan fingerprint density at radius 2 is 2.00 bits per heavy atom. The summed E-state index contributed by atoms with van der Waals surface area (Å²) in [6.07, 6.45) is 4.86. The zero-order valence-corrected chi connectivity index (χ0v) is 13.9. The molecule has 22 heavy (non-hydrogen) atoms. The third kappa shape index (κ3) is 5.34. The number of nitrogens with zero attached hydrogens (tertiary/aromatic N) is 1. The maximum absolute atomic E-state index is 11.8. The van der Waals surface area contributed by atoms with Crippen molar-refractivity contribution in [2.75, 3.05) is 32.8 Å². The van der Waals surface area contributed by atoms with E-state index in [1.807, 2.05) is 32.0 Å². The Kier molecular flexibility index (Phi) is 6.72. The van der Waals surface area contributed by atoms with E-state index in [0.717, 1.165) is 37.2 Å². The summed E-state index contributed by atoms with van der Waals surface area (Å²) in [6.45, 7) is 8.55. The van der Waals surface area contributed by atoms with E-state index >= 15 is 0 Å². The summed E-state index contributed by atoms with van der Waals surface area (Å²) in [5.41, 5.74) is 2.28. The smallest absolute Gasteiger partial charge is 0.257 e. The monoisotopic (exact) mass is 304 g/mol. The van der Waals surface area contributed by atoms with Crippen LogP contribution in [0, 0.1) is 13.8 Å². The summed E-state index contributed by atoms with van der Waals surface area (Å²) in [6, 6.07) is 5.90. The van der Waals surface area contributed by atoms with Crippen LogP contribution in [-0.4, -0.2) is 43.6 Å². The van der Waals surface area contributed by atoms with Crippen molar-refractivity contribution in [2.45, 2.75) is 39.5 Å². The largest absolute Gasteiger partial charge is 0.483 e. The average Bonchev–Trinajstić information content (AvgIpc) is 3.02. The van der Waals surface area contributed by atoms with Crippen LogP contribution in [0.15, 0.2) is 18.2 Å². The molecule has 1 N–H and O–H groups in total. The molecule has 2 rings (SSSR count). The Labute approximate surface area is 133 Å². The summed E-state index contributed by atoms with van der Waals surface area (Å²) < 4.78 is 5.60. The zero-order chi connectivity index (χ0) is 15.8. The lowest BCUT2D eigenvalue weighted by atomic mass is 10.1. The Balaban J connectivity index is 1.56. The van der Waals surface area contributed by atoms with Crippen molar-refractivity contribution in [1.82, 2.24) is 10.2 Å². The van der Waals surface area contributed by atoms with Crippen molar-refractivity contribution >= 4 is 5.91 Å². The van der Waals surface area contributed by atoms with Crippen LogP contribution in [0.1, 0.15) is 36.8 Å². The van der Waals surface area contributed by atoms with Crippen LogP contribution in [-0.2, 0) is 4.79 Å². The molecule has 1 amide bonds. The Hall–Kier alpha value is -1.55. The van der Waals surface area contributed by atoms with Gasteiger partial charge in [0.15, 0.2) is 6.61 Å². The lowest BCUT2D eigenvalue weighted by Gasteiger charge is -2.14. The Morgan fingerprint density at radius 3 is 2.77 bits per heavy atom. The molecule has 0 aromatic heterocycles. The maximum Gasteiger partial charge on any atom is 0.257 e. The van der Waals surface area contributed by atoms with Crippen molar-refractivity contribution in [3.05, 3.63) is 29.3 Å². The number of benzene rings is 1. The lowest BCUT2D eigenvalue weighted by molar-refractivity contribution is -0.123. The maximum atomic E-state index is 11.8. The fourth-order valence-corrected chi connectivity index (χ4v) is 2.77. The molecule has 122 valence electrons. The van der Waals surface area contributed by atoms with Gasteiger partial charge in [0.1, 0.15) is 5.75 Å². The molecule has 0 spiro atoms. The minimum Gasteiger partial charge on any atom is -0.483 e. The first-order valence-electron chi connectivity index (χ1n) is 8.35. The van der Waals surface area contributed by atoms with E-state index in [2.05, 4.69) is 10.2 Å². The molecule has 1 aliphatic heterocycles. The summed E-state index contributed by atoms with van der Waals surface area (Å²) in [5, 5.41) is 2.93. The van der Waals surface area contributed by atoms with Crippen LogP contribution in [0.5, 0.6) is 5.75 Å². The first kappa shape index (κ1) is 16.8. The summed E-state index contributed by atoms with van der Waals surface area (Å²) in [4.78, 5) is 14.3. The molecule has 0 bridgehead atoms. The van der Waals surface area contributed by atoms with Crippen LogP contribution in [0.25, 0.3) is 0 Å². The topological polar surface area (TPSA) is 41.6 Å². The van der Waals surface area contributed by atoms with Crippen molar-refractivity contribution in [2.24, 2.45) is 0 Å². The molecule has 0 aliphatic carbocycles. The van der Waals surface area contributed by atoms with Gasteiger partial charge in [0.2, 0.25) is 0 Å². The molecule has 0 radical (unpaired) electrons. The average molecular weight is 304 g/mol. The van der Waals surface area contributed by atoms with Gasteiger partial charge in [-0.3, -0.25) is 4.79 Å². The molecule has 1 aromatic carbocycles. The Bertz CT molecular complexity index is 482. The molecule has 4 heteroatoms. The van der Waals surface area contributed by atoms with Gasteiger partial charge in [0, 0.05) is 6.54 Å². The molecule has 1 aromatic rings. The summed E-state index contributed by atoms with van der Waals surface area (Å²) in [7, 11) is 0. The third-order valence-electron chi connectivity index (χ3n) is 4.34. The van der Waals surface area contributed by atoms with Gasteiger partial charge in [-0.15, -0.1) is 0 Å². The number of hydrogen-bond donors (Lipinski definition) is 1. The normalized spacial score (nSPS) is 15.0. The third-order valence-corrected chi connectivity index (χ3v) is 4.34. The van der Waals surface area contributed by atoms with E-state index in [-0.39, 0.29) is 12.5 Å². The molecule has 0 atom stereocenters. The molecule has 0 unspecified atom stereocenters. The van der Waals surface area contributed by atoms with Crippen LogP contribution < -0.4 is 10.1 Å². The van der Waals surface area contributed by atoms with Crippen LogP contribution >= 0.6 is 0 Å². The summed E-state index contributed by atoms with van der Waals surface area (Å²) >= 11 is 0. The fourth-order valence-electron chi connectivity index (χ4n) is 2.77. The first-order chi connectivity index (χ1) is 10.7. The van der Waals surface area contributed by atoms with Crippen molar-refractivity contribution in [3.63, 3.8) is 0 Å². The van der Waals surface area contributed by atoms with Gasteiger partial charge in [-0.05, 0) is 76.4 Å². The minimum atomic E-state index is -0.0397. The number of amides is 1. The number of ether oxygens (including phenoxy) is 1. The van der Waals surface area contributed by atoms with Crippen LogP contribution in [0.2, 0.25) is 0 Å². The SMILES string of the molecule is Cc1cccc(OCC(=O)NCCCCN2CCCC2)c1C. The van der Waals surface area contributed by atoms with E-state index in [0.29, 0.717) is 0 Å². The highest BCUT2D eigenvalue weighted by Gasteiger charge is 2.10. The highest BCUT2D eigenvalue weighted by Crippen LogP contribution is 2.20. The first-order valence-corrected chi connectivity index (χ1v) is 8.35. The second-order valence-electron chi connectivity index (χ2n) is 6.09.